The number of imidazole rings is 1. The van der Waals surface area contributed by atoms with Crippen LogP contribution in [-0.2, 0) is 24.2 Å². The Labute approximate surface area is 113 Å². The molecule has 18 heavy (non-hydrogen) atoms. The molecule has 2 aliphatic heterocycles. The van der Waals surface area contributed by atoms with Crippen LogP contribution >= 0.6 is 11.6 Å². The van der Waals surface area contributed by atoms with Crippen molar-refractivity contribution in [2.24, 2.45) is 5.92 Å². The smallest absolute Gasteiger partial charge is 0.203 e. The van der Waals surface area contributed by atoms with Crippen LogP contribution in [0.4, 0.5) is 0 Å². The van der Waals surface area contributed by atoms with Gasteiger partial charge in [-0.15, -0.1) is 0 Å². The Morgan fingerprint density at radius 2 is 2.11 bits per heavy atom. The maximum Gasteiger partial charge on any atom is 0.203 e. The number of hydrogen-bond acceptors (Lipinski definition) is 3. The van der Waals surface area contributed by atoms with Crippen molar-refractivity contribution in [3.8, 4) is 0 Å². The fourth-order valence-electron chi connectivity index (χ4n) is 2.84. The highest BCUT2D eigenvalue weighted by Gasteiger charge is 2.24. The van der Waals surface area contributed by atoms with Crippen LogP contribution in [0, 0.1) is 5.92 Å². The average Bonchev–Trinajstić information content (AvgIpc) is 2.67. The van der Waals surface area contributed by atoms with Gasteiger partial charge >= 0.3 is 0 Å². The molecule has 1 aromatic rings. The van der Waals surface area contributed by atoms with Gasteiger partial charge in [-0.05, 0) is 30.4 Å². The fraction of sp³-hybridized carbons (Fsp3) is 0.769. The van der Waals surface area contributed by atoms with Crippen molar-refractivity contribution in [1.29, 1.82) is 0 Å². The summed E-state index contributed by atoms with van der Waals surface area (Å²) in [4.78, 5) is 6.97. The molecule has 100 valence electrons. The molecule has 0 aliphatic carbocycles. The van der Waals surface area contributed by atoms with Crippen molar-refractivity contribution >= 4 is 11.6 Å². The van der Waals surface area contributed by atoms with Gasteiger partial charge in [0.2, 0.25) is 5.28 Å². The summed E-state index contributed by atoms with van der Waals surface area (Å²) in [5, 5.41) is 0.667. The summed E-state index contributed by atoms with van der Waals surface area (Å²) in [5.41, 5.74) is 2.53. The molecule has 3 heterocycles. The van der Waals surface area contributed by atoms with E-state index >= 15 is 0 Å². The lowest BCUT2D eigenvalue weighted by Crippen LogP contribution is -2.36. The molecule has 0 aromatic carbocycles. The first kappa shape index (κ1) is 12.5. The van der Waals surface area contributed by atoms with Crippen molar-refractivity contribution in [3.63, 3.8) is 0 Å². The summed E-state index contributed by atoms with van der Waals surface area (Å²) in [5.74, 6) is 0.744. The third-order valence-corrected chi connectivity index (χ3v) is 4.26. The number of halogens is 1. The number of nitrogens with zero attached hydrogens (tertiary/aromatic N) is 3. The molecule has 4 nitrogen and oxygen atoms in total. The van der Waals surface area contributed by atoms with E-state index in [9.17, 15) is 0 Å². The van der Waals surface area contributed by atoms with Crippen LogP contribution in [0.15, 0.2) is 0 Å². The zero-order valence-corrected chi connectivity index (χ0v) is 11.6. The molecule has 1 unspecified atom stereocenters. The van der Waals surface area contributed by atoms with Gasteiger partial charge < -0.3 is 9.30 Å². The van der Waals surface area contributed by atoms with E-state index in [1.165, 1.54) is 17.8 Å². The number of aromatic nitrogens is 2. The second kappa shape index (κ2) is 5.19. The first-order valence-electron chi connectivity index (χ1n) is 6.78. The first-order chi connectivity index (χ1) is 8.74. The van der Waals surface area contributed by atoms with E-state index in [2.05, 4.69) is 21.4 Å². The van der Waals surface area contributed by atoms with Gasteiger partial charge in [0.25, 0.3) is 0 Å². The number of rotatable bonds is 2. The Hall–Kier alpha value is -0.580. The predicted octanol–water partition coefficient (Wildman–Crippen LogP) is 1.95. The van der Waals surface area contributed by atoms with Crippen molar-refractivity contribution < 1.29 is 4.74 Å². The van der Waals surface area contributed by atoms with Crippen molar-refractivity contribution in [1.82, 2.24) is 14.5 Å². The molecule has 0 bridgehead atoms. The highest BCUT2D eigenvalue weighted by molar-refractivity contribution is 6.28. The van der Waals surface area contributed by atoms with E-state index in [-0.39, 0.29) is 0 Å². The maximum absolute atomic E-state index is 6.24. The summed E-state index contributed by atoms with van der Waals surface area (Å²) < 4.78 is 7.57. The zero-order chi connectivity index (χ0) is 12.5. The molecule has 0 N–H and O–H groups in total. The summed E-state index contributed by atoms with van der Waals surface area (Å²) in [6, 6.07) is 0. The van der Waals surface area contributed by atoms with Gasteiger partial charge in [0.15, 0.2) is 0 Å². The summed E-state index contributed by atoms with van der Waals surface area (Å²) >= 11 is 6.24. The topological polar surface area (TPSA) is 30.3 Å². The van der Waals surface area contributed by atoms with Gasteiger partial charge in [0, 0.05) is 31.9 Å². The van der Waals surface area contributed by atoms with Crippen LogP contribution in [-0.4, -0.2) is 40.8 Å². The SMILES string of the molecule is CC1CCn2c(Cl)nc(CN3CCOCC3)c2C1. The molecule has 1 atom stereocenters. The van der Waals surface area contributed by atoms with Gasteiger partial charge in [-0.2, -0.15) is 0 Å². The molecule has 5 heteroatoms. The fourth-order valence-corrected chi connectivity index (χ4v) is 3.13. The normalized spacial score (nSPS) is 25.1. The lowest BCUT2D eigenvalue weighted by molar-refractivity contribution is 0.0335. The quantitative estimate of drug-likeness (QED) is 0.822. The number of ether oxygens (including phenoxy) is 1. The molecule has 3 rings (SSSR count). The van der Waals surface area contributed by atoms with Crippen molar-refractivity contribution in [2.45, 2.75) is 32.9 Å². The number of morpholine rings is 1. The number of fused-ring (bicyclic) bond motifs is 1. The lowest BCUT2D eigenvalue weighted by Gasteiger charge is -2.27. The molecule has 1 fully saturated rings. The Morgan fingerprint density at radius 1 is 1.33 bits per heavy atom. The van der Waals surface area contributed by atoms with Crippen LogP contribution in [0.3, 0.4) is 0 Å². The van der Waals surface area contributed by atoms with Crippen molar-refractivity contribution in [2.75, 3.05) is 26.3 Å². The molecule has 1 saturated heterocycles. The summed E-state index contributed by atoms with van der Waals surface area (Å²) in [6.07, 6.45) is 2.32. The average molecular weight is 270 g/mol. The Balaban J connectivity index is 1.79. The van der Waals surface area contributed by atoms with Crippen LogP contribution in [0.1, 0.15) is 24.7 Å². The highest BCUT2D eigenvalue weighted by atomic mass is 35.5. The summed E-state index contributed by atoms with van der Waals surface area (Å²) in [6.45, 7) is 7.91. The van der Waals surface area contributed by atoms with E-state index in [0.29, 0.717) is 5.28 Å². The van der Waals surface area contributed by atoms with Crippen molar-refractivity contribution in [3.05, 3.63) is 16.7 Å². The predicted molar refractivity (Wildman–Crippen MR) is 70.8 cm³/mol. The Bertz CT molecular complexity index is 426. The van der Waals surface area contributed by atoms with Crippen LogP contribution in [0.2, 0.25) is 5.28 Å². The molecule has 0 radical (unpaired) electrons. The molecule has 0 amide bonds. The maximum atomic E-state index is 6.24. The van der Waals surface area contributed by atoms with E-state index in [1.54, 1.807) is 0 Å². The minimum Gasteiger partial charge on any atom is -0.379 e. The molecular weight excluding hydrogens is 250 g/mol. The minimum atomic E-state index is 0.667. The van der Waals surface area contributed by atoms with Crippen LogP contribution in [0.5, 0.6) is 0 Å². The number of hydrogen-bond donors (Lipinski definition) is 0. The second-order valence-corrected chi connectivity index (χ2v) is 5.75. The first-order valence-corrected chi connectivity index (χ1v) is 7.15. The van der Waals surface area contributed by atoms with E-state index in [4.69, 9.17) is 16.3 Å². The standard InChI is InChI=1S/C13H20ClN3O/c1-10-2-3-17-12(8-10)11(15-13(17)14)9-16-4-6-18-7-5-16/h10H,2-9H2,1H3. The van der Waals surface area contributed by atoms with Gasteiger partial charge in [0.1, 0.15) is 0 Å². The molecule has 0 spiro atoms. The van der Waals surface area contributed by atoms with Gasteiger partial charge in [0.05, 0.1) is 18.9 Å². The Kier molecular flexibility index (Phi) is 3.59. The highest BCUT2D eigenvalue weighted by Crippen LogP contribution is 2.27. The molecule has 1 aromatic heterocycles. The Morgan fingerprint density at radius 3 is 2.89 bits per heavy atom. The molecule has 0 saturated carbocycles. The van der Waals surface area contributed by atoms with E-state index < -0.39 is 0 Å². The monoisotopic (exact) mass is 269 g/mol. The van der Waals surface area contributed by atoms with Gasteiger partial charge in [-0.3, -0.25) is 4.90 Å². The van der Waals surface area contributed by atoms with E-state index in [0.717, 1.165) is 51.7 Å². The molecular formula is C13H20ClN3O. The molecule has 2 aliphatic rings. The van der Waals surface area contributed by atoms with Gasteiger partial charge in [-0.25, -0.2) is 4.98 Å². The third kappa shape index (κ3) is 2.42. The third-order valence-electron chi connectivity index (χ3n) is 3.97. The largest absolute Gasteiger partial charge is 0.379 e. The zero-order valence-electron chi connectivity index (χ0n) is 10.9. The van der Waals surface area contributed by atoms with Crippen LogP contribution in [0.25, 0.3) is 0 Å². The summed E-state index contributed by atoms with van der Waals surface area (Å²) in [7, 11) is 0. The second-order valence-electron chi connectivity index (χ2n) is 5.41. The van der Waals surface area contributed by atoms with Gasteiger partial charge in [-0.1, -0.05) is 6.92 Å². The minimum absolute atomic E-state index is 0.667. The van der Waals surface area contributed by atoms with Crippen LogP contribution < -0.4 is 0 Å². The lowest BCUT2D eigenvalue weighted by atomic mass is 9.97. The van der Waals surface area contributed by atoms with E-state index in [1.807, 2.05) is 0 Å².